The van der Waals surface area contributed by atoms with E-state index in [0.717, 1.165) is 41.4 Å². The summed E-state index contributed by atoms with van der Waals surface area (Å²) in [5.41, 5.74) is 4.57. The maximum atomic E-state index is 12.4. The number of rotatable bonds is 8. The summed E-state index contributed by atoms with van der Waals surface area (Å²) >= 11 is 0. The molecule has 0 atom stereocenters. The zero-order chi connectivity index (χ0) is 18.9. The third kappa shape index (κ3) is 3.96. The van der Waals surface area contributed by atoms with Gasteiger partial charge in [0.05, 0.1) is 17.4 Å². The SMILES string of the molecule is O=C(CC(C1CC1)C1CC1)NCc1ccc(Cn2cnc3ccccc32)cc1. The van der Waals surface area contributed by atoms with E-state index in [2.05, 4.69) is 45.2 Å². The summed E-state index contributed by atoms with van der Waals surface area (Å²) in [5, 5.41) is 3.13. The van der Waals surface area contributed by atoms with E-state index in [-0.39, 0.29) is 5.91 Å². The van der Waals surface area contributed by atoms with Crippen molar-refractivity contribution in [3.8, 4) is 0 Å². The van der Waals surface area contributed by atoms with Crippen LogP contribution in [-0.4, -0.2) is 15.5 Å². The lowest BCUT2D eigenvalue weighted by Crippen LogP contribution is -2.26. The Kier molecular flexibility index (Phi) is 4.63. The number of imidazole rings is 1. The van der Waals surface area contributed by atoms with Crippen LogP contribution in [0.15, 0.2) is 54.9 Å². The van der Waals surface area contributed by atoms with Crippen molar-refractivity contribution < 1.29 is 4.79 Å². The van der Waals surface area contributed by atoms with Crippen LogP contribution in [0.5, 0.6) is 0 Å². The molecule has 4 heteroatoms. The average Bonchev–Trinajstić information content (AvgIpc) is 3.65. The summed E-state index contributed by atoms with van der Waals surface area (Å²) in [6, 6.07) is 16.7. The molecule has 1 N–H and O–H groups in total. The van der Waals surface area contributed by atoms with E-state index in [0.29, 0.717) is 12.5 Å². The van der Waals surface area contributed by atoms with Gasteiger partial charge in [0.1, 0.15) is 0 Å². The first kappa shape index (κ1) is 17.5. The van der Waals surface area contributed by atoms with E-state index in [1.54, 1.807) is 0 Å². The van der Waals surface area contributed by atoms with E-state index in [4.69, 9.17) is 0 Å². The largest absolute Gasteiger partial charge is 0.352 e. The average molecular weight is 374 g/mol. The molecule has 28 heavy (non-hydrogen) atoms. The van der Waals surface area contributed by atoms with E-state index < -0.39 is 0 Å². The van der Waals surface area contributed by atoms with Crippen molar-refractivity contribution >= 4 is 16.9 Å². The van der Waals surface area contributed by atoms with Gasteiger partial charge in [-0.15, -0.1) is 0 Å². The highest BCUT2D eigenvalue weighted by atomic mass is 16.1. The van der Waals surface area contributed by atoms with E-state index in [1.165, 1.54) is 31.2 Å². The van der Waals surface area contributed by atoms with Crippen LogP contribution in [-0.2, 0) is 17.9 Å². The van der Waals surface area contributed by atoms with Gasteiger partial charge in [0.25, 0.3) is 0 Å². The minimum atomic E-state index is 0.220. The summed E-state index contributed by atoms with van der Waals surface area (Å²) in [6.45, 7) is 1.42. The molecule has 2 aromatic carbocycles. The first-order chi connectivity index (χ1) is 13.8. The molecule has 0 saturated heterocycles. The number of benzene rings is 2. The van der Waals surface area contributed by atoms with Crippen molar-refractivity contribution in [3.05, 3.63) is 66.0 Å². The third-order valence-corrected chi connectivity index (χ3v) is 6.27. The Morgan fingerprint density at radius 3 is 2.39 bits per heavy atom. The summed E-state index contributed by atoms with van der Waals surface area (Å²) < 4.78 is 2.17. The monoisotopic (exact) mass is 373 g/mol. The fourth-order valence-corrected chi connectivity index (χ4v) is 4.35. The number of nitrogens with zero attached hydrogens (tertiary/aromatic N) is 2. The van der Waals surface area contributed by atoms with Gasteiger partial charge in [-0.3, -0.25) is 4.79 Å². The molecule has 2 saturated carbocycles. The van der Waals surface area contributed by atoms with Gasteiger partial charge in [-0.1, -0.05) is 36.4 Å². The van der Waals surface area contributed by atoms with Crippen molar-refractivity contribution in [3.63, 3.8) is 0 Å². The Balaban J connectivity index is 1.15. The van der Waals surface area contributed by atoms with Crippen molar-refractivity contribution in [1.29, 1.82) is 0 Å². The second-order valence-corrected chi connectivity index (χ2v) is 8.50. The van der Waals surface area contributed by atoms with Gasteiger partial charge in [0.15, 0.2) is 0 Å². The molecule has 0 bridgehead atoms. The summed E-state index contributed by atoms with van der Waals surface area (Å²) in [7, 11) is 0. The Bertz CT molecular complexity index is 955. The first-order valence-corrected chi connectivity index (χ1v) is 10.5. The number of fused-ring (bicyclic) bond motifs is 1. The number of hydrogen-bond acceptors (Lipinski definition) is 2. The quantitative estimate of drug-likeness (QED) is 0.631. The standard InChI is InChI=1S/C24H27N3O/c28-24(13-21(19-9-10-19)20-11-12-20)25-14-17-5-7-18(8-6-17)15-27-16-26-22-3-1-2-4-23(22)27/h1-8,16,19-21H,9-15H2,(H,25,28). The minimum Gasteiger partial charge on any atom is -0.352 e. The van der Waals surface area contributed by atoms with Gasteiger partial charge in [0, 0.05) is 19.5 Å². The molecule has 0 spiro atoms. The molecule has 3 aromatic rings. The highest BCUT2D eigenvalue weighted by Gasteiger charge is 2.42. The summed E-state index contributed by atoms with van der Waals surface area (Å²) in [4.78, 5) is 16.8. The van der Waals surface area contributed by atoms with Crippen molar-refractivity contribution in [2.45, 2.75) is 45.2 Å². The molecule has 2 aliphatic rings. The maximum absolute atomic E-state index is 12.4. The fraction of sp³-hybridized carbons (Fsp3) is 0.417. The van der Waals surface area contributed by atoms with Gasteiger partial charge in [-0.05, 0) is 66.7 Å². The number of amides is 1. The summed E-state index contributed by atoms with van der Waals surface area (Å²) in [6.07, 6.45) is 7.96. The van der Waals surface area contributed by atoms with Crippen LogP contribution in [0.2, 0.25) is 0 Å². The predicted octanol–water partition coefficient (Wildman–Crippen LogP) is 4.53. The van der Waals surface area contributed by atoms with Crippen molar-refractivity contribution in [2.24, 2.45) is 17.8 Å². The zero-order valence-electron chi connectivity index (χ0n) is 16.2. The number of hydrogen-bond donors (Lipinski definition) is 1. The lowest BCUT2D eigenvalue weighted by atomic mass is 9.94. The Morgan fingerprint density at radius 1 is 1.00 bits per heavy atom. The van der Waals surface area contributed by atoms with E-state index >= 15 is 0 Å². The van der Waals surface area contributed by atoms with Crippen LogP contribution >= 0.6 is 0 Å². The van der Waals surface area contributed by atoms with E-state index in [9.17, 15) is 4.79 Å². The summed E-state index contributed by atoms with van der Waals surface area (Å²) in [5.74, 6) is 2.53. The molecular formula is C24H27N3O. The Morgan fingerprint density at radius 2 is 1.68 bits per heavy atom. The Labute approximate surface area is 166 Å². The highest BCUT2D eigenvalue weighted by Crippen LogP contribution is 2.50. The smallest absolute Gasteiger partial charge is 0.220 e. The van der Waals surface area contributed by atoms with Gasteiger partial charge in [0.2, 0.25) is 5.91 Å². The van der Waals surface area contributed by atoms with E-state index in [1.807, 2.05) is 24.5 Å². The van der Waals surface area contributed by atoms with Crippen LogP contribution in [0, 0.1) is 17.8 Å². The second kappa shape index (κ2) is 7.42. The molecule has 5 rings (SSSR count). The van der Waals surface area contributed by atoms with Crippen LogP contribution in [0.3, 0.4) is 0 Å². The van der Waals surface area contributed by atoms with Crippen molar-refractivity contribution in [1.82, 2.24) is 14.9 Å². The molecule has 2 fully saturated rings. The van der Waals surface area contributed by atoms with Crippen LogP contribution in [0.1, 0.15) is 43.2 Å². The lowest BCUT2D eigenvalue weighted by molar-refractivity contribution is -0.122. The minimum absolute atomic E-state index is 0.220. The maximum Gasteiger partial charge on any atom is 0.220 e. The topological polar surface area (TPSA) is 46.9 Å². The normalized spacial score (nSPS) is 16.6. The zero-order valence-corrected chi connectivity index (χ0v) is 16.2. The van der Waals surface area contributed by atoms with Gasteiger partial charge < -0.3 is 9.88 Å². The highest BCUT2D eigenvalue weighted by molar-refractivity contribution is 5.76. The molecule has 4 nitrogen and oxygen atoms in total. The molecule has 1 amide bonds. The van der Waals surface area contributed by atoms with Gasteiger partial charge in [-0.2, -0.15) is 0 Å². The van der Waals surface area contributed by atoms with Crippen LogP contribution < -0.4 is 5.32 Å². The Hall–Kier alpha value is -2.62. The molecule has 0 unspecified atom stereocenters. The number of nitrogens with one attached hydrogen (secondary N) is 1. The number of carbonyl (C=O) groups is 1. The molecule has 2 aliphatic carbocycles. The second-order valence-electron chi connectivity index (χ2n) is 8.50. The number of carbonyl (C=O) groups excluding carboxylic acids is 1. The number of aromatic nitrogens is 2. The fourth-order valence-electron chi connectivity index (χ4n) is 4.35. The molecule has 1 heterocycles. The lowest BCUT2D eigenvalue weighted by Gasteiger charge is -2.15. The third-order valence-electron chi connectivity index (χ3n) is 6.27. The van der Waals surface area contributed by atoms with Crippen molar-refractivity contribution in [2.75, 3.05) is 0 Å². The van der Waals surface area contributed by atoms with Gasteiger partial charge in [-0.25, -0.2) is 4.98 Å². The molecular weight excluding hydrogens is 346 g/mol. The molecule has 1 aromatic heterocycles. The molecule has 0 aliphatic heterocycles. The van der Waals surface area contributed by atoms with Crippen LogP contribution in [0.4, 0.5) is 0 Å². The number of para-hydroxylation sites is 2. The van der Waals surface area contributed by atoms with Crippen LogP contribution in [0.25, 0.3) is 11.0 Å². The predicted molar refractivity (Wildman–Crippen MR) is 111 cm³/mol. The van der Waals surface area contributed by atoms with Gasteiger partial charge >= 0.3 is 0 Å². The molecule has 144 valence electrons. The first-order valence-electron chi connectivity index (χ1n) is 10.5. The molecule has 0 radical (unpaired) electrons.